The third-order valence-electron chi connectivity index (χ3n) is 7.85. The maximum Gasteiger partial charge on any atom is 0.287 e. The van der Waals surface area contributed by atoms with Crippen molar-refractivity contribution in [1.29, 1.82) is 0 Å². The zero-order valence-corrected chi connectivity index (χ0v) is 21.7. The zero-order chi connectivity index (χ0) is 25.9. The Hall–Kier alpha value is -3.58. The topological polar surface area (TPSA) is 75.0 Å². The quantitative estimate of drug-likeness (QED) is 0.454. The van der Waals surface area contributed by atoms with Crippen LogP contribution in [0.2, 0.25) is 0 Å². The molecule has 2 aromatic carbocycles. The average Bonchev–Trinajstić information content (AvgIpc) is 3.46. The molecule has 7 nitrogen and oxygen atoms in total. The molecule has 6 rings (SSSR count). The second kappa shape index (κ2) is 11.0. The number of carbonyl (C=O) groups excluding carboxylic acids is 2. The molecule has 7 heteroatoms. The molecular weight excluding hydrogens is 478 g/mol. The van der Waals surface area contributed by atoms with E-state index in [2.05, 4.69) is 39.4 Å². The first-order valence-corrected chi connectivity index (χ1v) is 13.9. The van der Waals surface area contributed by atoms with Gasteiger partial charge in [0.15, 0.2) is 5.76 Å². The molecule has 2 amide bonds. The van der Waals surface area contributed by atoms with Crippen LogP contribution in [-0.2, 0) is 17.8 Å². The predicted molar refractivity (Wildman–Crippen MR) is 144 cm³/mol. The Bertz CT molecular complexity index is 1280. The van der Waals surface area contributed by atoms with Crippen LogP contribution in [0.3, 0.4) is 0 Å². The number of amides is 2. The fourth-order valence-corrected chi connectivity index (χ4v) is 5.63. The lowest BCUT2D eigenvalue weighted by molar-refractivity contribution is -0.134. The second-order valence-corrected chi connectivity index (χ2v) is 10.6. The van der Waals surface area contributed by atoms with E-state index in [1.807, 2.05) is 24.3 Å². The molecule has 3 aliphatic rings. The van der Waals surface area contributed by atoms with Crippen molar-refractivity contribution in [2.75, 3.05) is 32.7 Å². The van der Waals surface area contributed by atoms with Crippen LogP contribution >= 0.6 is 0 Å². The first-order valence-electron chi connectivity index (χ1n) is 13.9. The number of rotatable bonds is 9. The normalized spacial score (nSPS) is 19.3. The van der Waals surface area contributed by atoms with Gasteiger partial charge in [0.1, 0.15) is 18.1 Å². The fourth-order valence-electron chi connectivity index (χ4n) is 5.63. The molecule has 1 unspecified atom stereocenters. The lowest BCUT2D eigenvalue weighted by Crippen LogP contribution is -2.41. The van der Waals surface area contributed by atoms with Crippen molar-refractivity contribution in [2.45, 2.75) is 44.8 Å². The summed E-state index contributed by atoms with van der Waals surface area (Å²) in [5.74, 6) is 1.85. The molecule has 0 spiro atoms. The third kappa shape index (κ3) is 5.48. The largest absolute Gasteiger partial charge is 0.486 e. The standard InChI is InChI=1S/C31H35N3O4/c35-30(32-15-19-33-16-4-5-17-33)28-13-12-26(38-28)21-37-25-11-10-22-14-18-34(31(36)24-8-9-24)29(27(22)20-25)23-6-2-1-3-7-23/h1-3,6-7,10-13,20,24,29H,4-5,8-9,14-19,21H2,(H,32,35). The highest BCUT2D eigenvalue weighted by molar-refractivity contribution is 5.91. The van der Waals surface area contributed by atoms with Crippen LogP contribution in [0, 0.1) is 5.92 Å². The Morgan fingerprint density at radius 1 is 0.974 bits per heavy atom. The number of fused-ring (bicyclic) bond motifs is 1. The highest BCUT2D eigenvalue weighted by atomic mass is 16.5. The number of carbonyl (C=O) groups is 2. The Morgan fingerprint density at radius 3 is 2.58 bits per heavy atom. The summed E-state index contributed by atoms with van der Waals surface area (Å²) in [4.78, 5) is 30.1. The van der Waals surface area contributed by atoms with E-state index in [0.717, 1.165) is 62.3 Å². The van der Waals surface area contributed by atoms with Gasteiger partial charge in [0.2, 0.25) is 5.91 Å². The molecular formula is C31H35N3O4. The minimum atomic E-state index is -0.199. The van der Waals surface area contributed by atoms with E-state index in [0.29, 0.717) is 18.1 Å². The van der Waals surface area contributed by atoms with Crippen molar-refractivity contribution in [3.63, 3.8) is 0 Å². The molecule has 0 radical (unpaired) electrons. The van der Waals surface area contributed by atoms with Gasteiger partial charge in [0.25, 0.3) is 5.91 Å². The van der Waals surface area contributed by atoms with Crippen LogP contribution in [0.5, 0.6) is 5.75 Å². The monoisotopic (exact) mass is 513 g/mol. The summed E-state index contributed by atoms with van der Waals surface area (Å²) in [7, 11) is 0. The van der Waals surface area contributed by atoms with Gasteiger partial charge in [-0.3, -0.25) is 9.59 Å². The highest BCUT2D eigenvalue weighted by Crippen LogP contribution is 2.41. The number of likely N-dealkylation sites (tertiary alicyclic amines) is 1. The van der Waals surface area contributed by atoms with Crippen LogP contribution in [0.25, 0.3) is 0 Å². The molecule has 1 saturated heterocycles. The Labute approximate surface area is 223 Å². The maximum absolute atomic E-state index is 13.2. The summed E-state index contributed by atoms with van der Waals surface area (Å²) >= 11 is 0. The SMILES string of the molecule is O=C(NCCN1CCCC1)c1ccc(COc2ccc3c(c2)C(c2ccccc2)N(C(=O)C2CC2)CC3)o1. The molecule has 2 aliphatic heterocycles. The van der Waals surface area contributed by atoms with Crippen LogP contribution in [-0.4, -0.2) is 54.3 Å². The molecule has 1 aromatic heterocycles. The lowest BCUT2D eigenvalue weighted by atomic mass is 9.87. The summed E-state index contributed by atoms with van der Waals surface area (Å²) in [6.07, 6.45) is 5.31. The molecule has 198 valence electrons. The van der Waals surface area contributed by atoms with E-state index in [-0.39, 0.29) is 30.4 Å². The van der Waals surface area contributed by atoms with Gasteiger partial charge in [0.05, 0.1) is 6.04 Å². The molecule has 1 atom stereocenters. The molecule has 1 aliphatic carbocycles. The number of nitrogens with zero attached hydrogens (tertiary/aromatic N) is 2. The molecule has 3 heterocycles. The molecule has 1 N–H and O–H groups in total. The summed E-state index contributed by atoms with van der Waals surface area (Å²) in [6.45, 7) is 4.67. The van der Waals surface area contributed by atoms with E-state index < -0.39 is 0 Å². The Balaban J connectivity index is 1.12. The van der Waals surface area contributed by atoms with Gasteiger partial charge < -0.3 is 24.3 Å². The van der Waals surface area contributed by atoms with Gasteiger partial charge in [0, 0.05) is 25.6 Å². The highest BCUT2D eigenvalue weighted by Gasteiger charge is 2.39. The minimum absolute atomic E-state index is 0.115. The maximum atomic E-state index is 13.2. The summed E-state index contributed by atoms with van der Waals surface area (Å²) < 4.78 is 11.9. The summed E-state index contributed by atoms with van der Waals surface area (Å²) in [5, 5.41) is 2.95. The van der Waals surface area contributed by atoms with E-state index in [9.17, 15) is 9.59 Å². The minimum Gasteiger partial charge on any atom is -0.486 e. The van der Waals surface area contributed by atoms with Gasteiger partial charge in [-0.05, 0) is 86.1 Å². The van der Waals surface area contributed by atoms with E-state index in [1.165, 1.54) is 18.4 Å². The van der Waals surface area contributed by atoms with Gasteiger partial charge in [-0.2, -0.15) is 0 Å². The fraction of sp³-hybridized carbons (Fsp3) is 0.419. The van der Waals surface area contributed by atoms with Crippen molar-refractivity contribution >= 4 is 11.8 Å². The van der Waals surface area contributed by atoms with Gasteiger partial charge in [-0.15, -0.1) is 0 Å². The molecule has 0 bridgehead atoms. The Kier molecular flexibility index (Phi) is 7.18. The van der Waals surface area contributed by atoms with E-state index >= 15 is 0 Å². The van der Waals surface area contributed by atoms with Crippen LogP contribution in [0.15, 0.2) is 65.1 Å². The van der Waals surface area contributed by atoms with Crippen molar-refractivity contribution in [1.82, 2.24) is 15.1 Å². The molecule has 3 aromatic rings. The summed E-state index contributed by atoms with van der Waals surface area (Å²) in [6, 6.07) is 19.8. The smallest absolute Gasteiger partial charge is 0.287 e. The average molecular weight is 514 g/mol. The van der Waals surface area contributed by atoms with Crippen molar-refractivity contribution in [3.8, 4) is 5.75 Å². The van der Waals surface area contributed by atoms with Gasteiger partial charge in [-0.1, -0.05) is 36.4 Å². The van der Waals surface area contributed by atoms with E-state index in [1.54, 1.807) is 12.1 Å². The number of hydrogen-bond donors (Lipinski definition) is 1. The number of ether oxygens (including phenoxy) is 1. The van der Waals surface area contributed by atoms with Gasteiger partial charge >= 0.3 is 0 Å². The first kappa shape index (κ1) is 24.7. The van der Waals surface area contributed by atoms with Crippen LogP contribution in [0.1, 0.15) is 64.7 Å². The van der Waals surface area contributed by atoms with Crippen LogP contribution in [0.4, 0.5) is 0 Å². The predicted octanol–water partition coefficient (Wildman–Crippen LogP) is 4.57. The van der Waals surface area contributed by atoms with E-state index in [4.69, 9.17) is 9.15 Å². The number of benzene rings is 2. The number of hydrogen-bond acceptors (Lipinski definition) is 5. The van der Waals surface area contributed by atoms with Crippen LogP contribution < -0.4 is 10.1 Å². The molecule has 38 heavy (non-hydrogen) atoms. The van der Waals surface area contributed by atoms with Crippen molar-refractivity contribution in [2.24, 2.45) is 5.92 Å². The molecule has 1 saturated carbocycles. The molecule has 2 fully saturated rings. The Morgan fingerprint density at radius 2 is 1.79 bits per heavy atom. The van der Waals surface area contributed by atoms with Gasteiger partial charge in [-0.25, -0.2) is 0 Å². The van der Waals surface area contributed by atoms with Crippen molar-refractivity contribution in [3.05, 3.63) is 88.9 Å². The third-order valence-corrected chi connectivity index (χ3v) is 7.85. The summed E-state index contributed by atoms with van der Waals surface area (Å²) in [5.41, 5.74) is 3.48. The van der Waals surface area contributed by atoms with Crippen molar-refractivity contribution < 1.29 is 18.7 Å². The first-order chi connectivity index (χ1) is 18.7. The number of nitrogens with one attached hydrogen (secondary N) is 1. The lowest BCUT2D eigenvalue weighted by Gasteiger charge is -2.38. The number of furan rings is 1. The second-order valence-electron chi connectivity index (χ2n) is 10.6. The zero-order valence-electron chi connectivity index (χ0n) is 21.7.